The summed E-state index contributed by atoms with van der Waals surface area (Å²) in [6.07, 6.45) is 0.676. The van der Waals surface area contributed by atoms with Gasteiger partial charge in [-0.25, -0.2) is 8.42 Å². The molecular formula is C20H26N2O5S. The van der Waals surface area contributed by atoms with E-state index in [1.54, 1.807) is 24.3 Å². The molecule has 0 radical (unpaired) electrons. The minimum absolute atomic E-state index is 0.0995. The van der Waals surface area contributed by atoms with Crippen molar-refractivity contribution in [3.63, 3.8) is 0 Å². The van der Waals surface area contributed by atoms with Crippen LogP contribution in [0.1, 0.15) is 29.3 Å². The van der Waals surface area contributed by atoms with Gasteiger partial charge < -0.3 is 14.8 Å². The molecule has 2 aromatic rings. The maximum absolute atomic E-state index is 12.8. The van der Waals surface area contributed by atoms with Gasteiger partial charge in [0.05, 0.1) is 7.11 Å². The van der Waals surface area contributed by atoms with Crippen molar-refractivity contribution in [3.05, 3.63) is 53.6 Å². The first-order valence-corrected chi connectivity index (χ1v) is 10.5. The van der Waals surface area contributed by atoms with Crippen molar-refractivity contribution in [2.45, 2.75) is 25.2 Å². The number of methoxy groups -OCH3 is 1. The molecule has 0 saturated carbocycles. The van der Waals surface area contributed by atoms with Crippen molar-refractivity contribution in [1.29, 1.82) is 0 Å². The third kappa shape index (κ3) is 5.97. The Morgan fingerprint density at radius 2 is 1.82 bits per heavy atom. The molecule has 0 fully saturated rings. The van der Waals surface area contributed by atoms with Crippen LogP contribution in [0.5, 0.6) is 5.75 Å². The van der Waals surface area contributed by atoms with E-state index in [0.717, 1.165) is 5.56 Å². The van der Waals surface area contributed by atoms with Crippen molar-refractivity contribution in [2.24, 2.45) is 0 Å². The van der Waals surface area contributed by atoms with Gasteiger partial charge in [-0.05, 0) is 50.6 Å². The Labute approximate surface area is 166 Å². The van der Waals surface area contributed by atoms with Gasteiger partial charge in [-0.2, -0.15) is 0 Å². The van der Waals surface area contributed by atoms with Gasteiger partial charge in [0.15, 0.2) is 0 Å². The molecule has 7 nitrogen and oxygen atoms in total. The maximum Gasteiger partial charge on any atom is 0.265 e. The lowest BCUT2D eigenvalue weighted by molar-refractivity contribution is 0.0944. The Hall–Kier alpha value is -2.58. The Morgan fingerprint density at radius 1 is 1.11 bits per heavy atom. The van der Waals surface area contributed by atoms with Crippen LogP contribution < -0.4 is 14.8 Å². The highest BCUT2D eigenvalue weighted by Crippen LogP contribution is 2.27. The monoisotopic (exact) mass is 406 g/mol. The summed E-state index contributed by atoms with van der Waals surface area (Å²) in [5.41, 5.74) is 1.68. The molecular weight excluding hydrogens is 380 g/mol. The van der Waals surface area contributed by atoms with Crippen molar-refractivity contribution in [1.82, 2.24) is 5.32 Å². The highest BCUT2D eigenvalue weighted by atomic mass is 32.2. The van der Waals surface area contributed by atoms with E-state index in [2.05, 4.69) is 10.0 Å². The van der Waals surface area contributed by atoms with Crippen LogP contribution in [0.4, 0.5) is 5.69 Å². The summed E-state index contributed by atoms with van der Waals surface area (Å²) in [5.74, 6) is -0.196. The molecule has 0 bridgehead atoms. The van der Waals surface area contributed by atoms with Crippen LogP contribution in [0.25, 0.3) is 0 Å². The number of ether oxygens (including phenoxy) is 2. The molecule has 0 unspecified atom stereocenters. The zero-order chi connectivity index (χ0) is 20.6. The topological polar surface area (TPSA) is 93.7 Å². The summed E-state index contributed by atoms with van der Waals surface area (Å²) in [6.45, 7) is 5.44. The number of anilines is 1. The minimum Gasteiger partial charge on any atom is -0.495 e. The Bertz CT molecular complexity index is 895. The molecule has 0 heterocycles. The molecule has 0 spiro atoms. The second kappa shape index (κ2) is 10.1. The fraction of sp³-hybridized carbons (Fsp3) is 0.350. The number of aryl methyl sites for hydroxylation is 1. The van der Waals surface area contributed by atoms with Crippen LogP contribution in [0, 0.1) is 6.92 Å². The lowest BCUT2D eigenvalue weighted by Crippen LogP contribution is -2.25. The summed E-state index contributed by atoms with van der Waals surface area (Å²) in [5, 5.41) is 2.75. The number of carbonyl (C=O) groups is 1. The van der Waals surface area contributed by atoms with E-state index in [0.29, 0.717) is 31.9 Å². The number of carbonyl (C=O) groups excluding carboxylic acids is 1. The number of sulfonamides is 1. The van der Waals surface area contributed by atoms with E-state index >= 15 is 0 Å². The second-order valence-electron chi connectivity index (χ2n) is 6.14. The van der Waals surface area contributed by atoms with Crippen molar-refractivity contribution in [3.8, 4) is 5.75 Å². The van der Waals surface area contributed by atoms with E-state index < -0.39 is 10.0 Å². The summed E-state index contributed by atoms with van der Waals surface area (Å²) < 4.78 is 38.6. The van der Waals surface area contributed by atoms with Gasteiger partial charge in [-0.15, -0.1) is 0 Å². The molecule has 0 saturated heterocycles. The Balaban J connectivity index is 2.19. The smallest absolute Gasteiger partial charge is 0.265 e. The molecule has 0 aromatic heterocycles. The molecule has 28 heavy (non-hydrogen) atoms. The number of hydrogen-bond acceptors (Lipinski definition) is 5. The first-order chi connectivity index (χ1) is 13.4. The van der Waals surface area contributed by atoms with Gasteiger partial charge in [0.1, 0.15) is 10.6 Å². The molecule has 0 aliphatic carbocycles. The van der Waals surface area contributed by atoms with Crippen LogP contribution >= 0.6 is 0 Å². The fourth-order valence-corrected chi connectivity index (χ4v) is 3.74. The largest absolute Gasteiger partial charge is 0.495 e. The highest BCUT2D eigenvalue weighted by Gasteiger charge is 2.22. The van der Waals surface area contributed by atoms with E-state index in [9.17, 15) is 13.2 Å². The number of benzene rings is 2. The SMILES string of the molecule is CCOCCCNC(=O)c1ccc(OC)c(S(=O)(=O)Nc2ccc(C)cc2)c1. The van der Waals surface area contributed by atoms with Crippen LogP contribution in [0.3, 0.4) is 0 Å². The number of hydrogen-bond donors (Lipinski definition) is 2. The normalized spacial score (nSPS) is 11.1. The average Bonchev–Trinajstić information content (AvgIpc) is 2.68. The number of rotatable bonds is 10. The molecule has 0 aliphatic rings. The van der Waals surface area contributed by atoms with Gasteiger partial charge in [-0.3, -0.25) is 9.52 Å². The van der Waals surface area contributed by atoms with Crippen LogP contribution in [0.15, 0.2) is 47.4 Å². The van der Waals surface area contributed by atoms with E-state index in [1.807, 2.05) is 13.8 Å². The van der Waals surface area contributed by atoms with Crippen molar-refractivity contribution in [2.75, 3.05) is 31.6 Å². The van der Waals surface area contributed by atoms with Gasteiger partial charge in [0, 0.05) is 31.0 Å². The second-order valence-corrected chi connectivity index (χ2v) is 7.79. The van der Waals surface area contributed by atoms with Crippen molar-refractivity contribution >= 4 is 21.6 Å². The number of amides is 1. The lowest BCUT2D eigenvalue weighted by Gasteiger charge is -2.13. The zero-order valence-electron chi connectivity index (χ0n) is 16.3. The predicted octanol–water partition coefficient (Wildman–Crippen LogP) is 2.96. The van der Waals surface area contributed by atoms with Crippen LogP contribution in [0.2, 0.25) is 0 Å². The minimum atomic E-state index is -3.93. The standard InChI is InChI=1S/C20H26N2O5S/c1-4-27-13-5-12-21-20(23)16-8-11-18(26-3)19(14-16)28(24,25)22-17-9-6-15(2)7-10-17/h6-11,14,22H,4-5,12-13H2,1-3H3,(H,21,23). The predicted molar refractivity (Wildman–Crippen MR) is 108 cm³/mol. The lowest BCUT2D eigenvalue weighted by atomic mass is 10.2. The van der Waals surface area contributed by atoms with Gasteiger partial charge in [0.2, 0.25) is 0 Å². The van der Waals surface area contributed by atoms with E-state index in [4.69, 9.17) is 9.47 Å². The summed E-state index contributed by atoms with van der Waals surface area (Å²) >= 11 is 0. The molecule has 2 N–H and O–H groups in total. The quantitative estimate of drug-likeness (QED) is 0.592. The fourth-order valence-electron chi connectivity index (χ4n) is 2.48. The summed E-state index contributed by atoms with van der Waals surface area (Å²) in [7, 11) is -2.55. The van der Waals surface area contributed by atoms with E-state index in [-0.39, 0.29) is 22.1 Å². The van der Waals surface area contributed by atoms with E-state index in [1.165, 1.54) is 25.3 Å². The molecule has 2 rings (SSSR count). The molecule has 0 atom stereocenters. The van der Waals surface area contributed by atoms with Crippen molar-refractivity contribution < 1.29 is 22.7 Å². The average molecular weight is 407 g/mol. The molecule has 0 aliphatic heterocycles. The van der Waals surface area contributed by atoms with Gasteiger partial charge >= 0.3 is 0 Å². The molecule has 152 valence electrons. The summed E-state index contributed by atoms with van der Waals surface area (Å²) in [4.78, 5) is 12.2. The first-order valence-electron chi connectivity index (χ1n) is 9.01. The Morgan fingerprint density at radius 3 is 2.46 bits per heavy atom. The molecule has 8 heteroatoms. The van der Waals surface area contributed by atoms with Crippen LogP contribution in [-0.2, 0) is 14.8 Å². The molecule has 2 aromatic carbocycles. The third-order valence-electron chi connectivity index (χ3n) is 3.97. The van der Waals surface area contributed by atoms with Gasteiger partial charge in [0.25, 0.3) is 15.9 Å². The first kappa shape index (κ1) is 21.7. The van der Waals surface area contributed by atoms with Gasteiger partial charge in [-0.1, -0.05) is 17.7 Å². The Kier molecular flexibility index (Phi) is 7.83. The molecule has 1 amide bonds. The highest BCUT2D eigenvalue weighted by molar-refractivity contribution is 7.92. The zero-order valence-corrected chi connectivity index (χ0v) is 17.1. The third-order valence-corrected chi connectivity index (χ3v) is 5.38. The maximum atomic E-state index is 12.8. The summed E-state index contributed by atoms with van der Waals surface area (Å²) in [6, 6.07) is 11.3. The number of nitrogens with one attached hydrogen (secondary N) is 2. The van der Waals surface area contributed by atoms with Crippen LogP contribution in [-0.4, -0.2) is 41.2 Å².